The normalized spacial score (nSPS) is 12.8. The lowest BCUT2D eigenvalue weighted by molar-refractivity contribution is 0.0972. The van der Waals surface area contributed by atoms with Crippen LogP contribution in [0.5, 0.6) is 0 Å². The van der Waals surface area contributed by atoms with E-state index in [1.807, 2.05) is 6.07 Å². The quantitative estimate of drug-likeness (QED) is 0.462. The number of carbonyl (C=O) groups excluding carboxylic acids is 1. The molecule has 0 aliphatic rings. The molecule has 7 heteroatoms. The van der Waals surface area contributed by atoms with Crippen molar-refractivity contribution in [3.05, 3.63) is 59.5 Å². The second-order valence-corrected chi connectivity index (χ2v) is 6.52. The first-order valence-electron chi connectivity index (χ1n) is 9.06. The van der Waals surface area contributed by atoms with Crippen LogP contribution in [0.1, 0.15) is 35.2 Å². The number of nitrogens with zero attached hydrogens (tertiary/aromatic N) is 2. The molecule has 7 nitrogen and oxygen atoms in total. The monoisotopic (exact) mass is 371 g/mol. The highest BCUT2D eigenvalue weighted by Gasteiger charge is 2.10. The Labute approximate surface area is 160 Å². The van der Waals surface area contributed by atoms with Crippen LogP contribution in [0.15, 0.2) is 51.9 Å². The van der Waals surface area contributed by atoms with Crippen molar-refractivity contribution in [1.29, 1.82) is 0 Å². The van der Waals surface area contributed by atoms with Gasteiger partial charge in [0.1, 0.15) is 5.76 Å². The Morgan fingerprint density at radius 1 is 1.22 bits per heavy atom. The van der Waals surface area contributed by atoms with Crippen molar-refractivity contribution in [2.75, 3.05) is 20.6 Å². The van der Waals surface area contributed by atoms with Crippen LogP contribution in [-0.2, 0) is 13.1 Å². The van der Waals surface area contributed by atoms with Gasteiger partial charge in [0.2, 0.25) is 0 Å². The van der Waals surface area contributed by atoms with E-state index >= 15 is 0 Å². The Morgan fingerprint density at radius 2 is 1.96 bits per heavy atom. The summed E-state index contributed by atoms with van der Waals surface area (Å²) in [4.78, 5) is 17.6. The van der Waals surface area contributed by atoms with E-state index in [1.54, 1.807) is 19.2 Å². The number of nitrogens with one attached hydrogen (secondary N) is 2. The molecule has 4 N–H and O–H groups in total. The van der Waals surface area contributed by atoms with Crippen molar-refractivity contribution in [2.24, 2.45) is 10.7 Å². The summed E-state index contributed by atoms with van der Waals surface area (Å²) in [5, 5.41) is 6.46. The van der Waals surface area contributed by atoms with Crippen molar-refractivity contribution < 1.29 is 9.21 Å². The van der Waals surface area contributed by atoms with Gasteiger partial charge >= 0.3 is 0 Å². The van der Waals surface area contributed by atoms with Crippen LogP contribution in [0.25, 0.3) is 0 Å². The molecule has 27 heavy (non-hydrogen) atoms. The SMILES string of the molecule is CN=C(NCCC(C)N(C)Cc1ccccc1)NCc1ccc(C(N)=O)o1. The van der Waals surface area contributed by atoms with Crippen molar-refractivity contribution in [3.63, 3.8) is 0 Å². The van der Waals surface area contributed by atoms with Crippen molar-refractivity contribution in [3.8, 4) is 0 Å². The first-order valence-corrected chi connectivity index (χ1v) is 9.06. The number of carbonyl (C=O) groups is 1. The second-order valence-electron chi connectivity index (χ2n) is 6.52. The highest BCUT2D eigenvalue weighted by Crippen LogP contribution is 2.08. The van der Waals surface area contributed by atoms with E-state index in [9.17, 15) is 4.79 Å². The third kappa shape index (κ3) is 6.79. The molecular weight excluding hydrogens is 342 g/mol. The van der Waals surface area contributed by atoms with Gasteiger partial charge in [0.05, 0.1) is 6.54 Å². The molecule has 2 rings (SSSR count). The summed E-state index contributed by atoms with van der Waals surface area (Å²) in [6.45, 7) is 4.37. The lowest BCUT2D eigenvalue weighted by Crippen LogP contribution is -2.39. The molecule has 1 aromatic carbocycles. The van der Waals surface area contributed by atoms with Crippen LogP contribution in [0.4, 0.5) is 0 Å². The van der Waals surface area contributed by atoms with Gasteiger partial charge in [-0.15, -0.1) is 0 Å². The van der Waals surface area contributed by atoms with E-state index in [0.29, 0.717) is 24.3 Å². The molecule has 1 unspecified atom stereocenters. The Hall–Kier alpha value is -2.80. The predicted molar refractivity (Wildman–Crippen MR) is 107 cm³/mol. The molecule has 1 aromatic heterocycles. The highest BCUT2D eigenvalue weighted by atomic mass is 16.3. The summed E-state index contributed by atoms with van der Waals surface area (Å²) in [7, 11) is 3.86. The minimum Gasteiger partial charge on any atom is -0.454 e. The zero-order chi connectivity index (χ0) is 19.6. The number of benzene rings is 1. The fourth-order valence-electron chi connectivity index (χ4n) is 2.64. The van der Waals surface area contributed by atoms with E-state index in [0.717, 1.165) is 19.5 Å². The van der Waals surface area contributed by atoms with Gasteiger partial charge in [-0.3, -0.25) is 14.7 Å². The Bertz CT molecular complexity index is 742. The van der Waals surface area contributed by atoms with Gasteiger partial charge in [-0.2, -0.15) is 0 Å². The number of hydrogen-bond donors (Lipinski definition) is 3. The molecule has 0 aliphatic heterocycles. The lowest BCUT2D eigenvalue weighted by atomic mass is 10.1. The summed E-state index contributed by atoms with van der Waals surface area (Å²) in [5.41, 5.74) is 6.49. The zero-order valence-corrected chi connectivity index (χ0v) is 16.2. The smallest absolute Gasteiger partial charge is 0.284 e. The summed E-state index contributed by atoms with van der Waals surface area (Å²) in [6.07, 6.45) is 0.983. The van der Waals surface area contributed by atoms with Gasteiger partial charge in [0.15, 0.2) is 11.7 Å². The van der Waals surface area contributed by atoms with Gasteiger partial charge in [0.25, 0.3) is 5.91 Å². The molecule has 146 valence electrons. The topological polar surface area (TPSA) is 95.9 Å². The fourth-order valence-corrected chi connectivity index (χ4v) is 2.64. The van der Waals surface area contributed by atoms with Gasteiger partial charge in [-0.1, -0.05) is 30.3 Å². The van der Waals surface area contributed by atoms with Crippen LogP contribution < -0.4 is 16.4 Å². The van der Waals surface area contributed by atoms with Gasteiger partial charge in [-0.25, -0.2) is 0 Å². The molecule has 1 amide bonds. The second kappa shape index (κ2) is 10.4. The average Bonchev–Trinajstić information content (AvgIpc) is 3.14. The number of aliphatic imine (C=N–C) groups is 1. The maximum Gasteiger partial charge on any atom is 0.284 e. The number of hydrogen-bond acceptors (Lipinski definition) is 4. The Morgan fingerprint density at radius 3 is 2.59 bits per heavy atom. The molecule has 0 saturated heterocycles. The first-order chi connectivity index (χ1) is 13.0. The average molecular weight is 371 g/mol. The summed E-state index contributed by atoms with van der Waals surface area (Å²) >= 11 is 0. The molecule has 1 heterocycles. The molecular formula is C20H29N5O2. The first kappa shape index (κ1) is 20.5. The minimum absolute atomic E-state index is 0.157. The molecule has 0 bridgehead atoms. The van der Waals surface area contributed by atoms with Crippen LogP contribution in [0.2, 0.25) is 0 Å². The Kier molecular flexibility index (Phi) is 7.88. The number of furan rings is 1. The number of nitrogens with two attached hydrogens (primary N) is 1. The van der Waals surface area contributed by atoms with E-state index < -0.39 is 5.91 Å². The highest BCUT2D eigenvalue weighted by molar-refractivity contribution is 5.89. The van der Waals surface area contributed by atoms with Crippen LogP contribution in [0, 0.1) is 0 Å². The van der Waals surface area contributed by atoms with Crippen LogP contribution in [-0.4, -0.2) is 43.4 Å². The maximum absolute atomic E-state index is 11.1. The van der Waals surface area contributed by atoms with E-state index in [1.165, 1.54) is 5.56 Å². The number of rotatable bonds is 9. The van der Waals surface area contributed by atoms with Crippen LogP contribution in [0.3, 0.4) is 0 Å². The molecule has 0 radical (unpaired) electrons. The predicted octanol–water partition coefficient (Wildman–Crippen LogP) is 1.95. The number of primary amides is 1. The summed E-state index contributed by atoms with van der Waals surface area (Å²) in [5.74, 6) is 0.898. The molecule has 2 aromatic rings. The summed E-state index contributed by atoms with van der Waals surface area (Å²) in [6, 6.07) is 14.2. The standard InChI is InChI=1S/C20H29N5O2/c1-15(25(3)14-16-7-5-4-6-8-16)11-12-23-20(22-2)24-13-17-9-10-18(27-17)19(21)26/h4-10,15H,11-14H2,1-3H3,(H2,21,26)(H2,22,23,24). The maximum atomic E-state index is 11.1. The zero-order valence-electron chi connectivity index (χ0n) is 16.2. The van der Waals surface area contributed by atoms with Crippen molar-refractivity contribution >= 4 is 11.9 Å². The fraction of sp³-hybridized carbons (Fsp3) is 0.400. The molecule has 0 fully saturated rings. The van der Waals surface area contributed by atoms with Gasteiger partial charge in [-0.05, 0) is 38.1 Å². The van der Waals surface area contributed by atoms with E-state index in [4.69, 9.17) is 10.2 Å². The number of amides is 1. The van der Waals surface area contributed by atoms with E-state index in [2.05, 4.69) is 58.8 Å². The molecule has 0 aliphatic carbocycles. The molecule has 0 saturated carbocycles. The summed E-state index contributed by atoms with van der Waals surface area (Å²) < 4.78 is 5.34. The third-order valence-electron chi connectivity index (χ3n) is 4.44. The minimum atomic E-state index is -0.572. The van der Waals surface area contributed by atoms with Crippen molar-refractivity contribution in [2.45, 2.75) is 32.5 Å². The van der Waals surface area contributed by atoms with Gasteiger partial charge in [0, 0.05) is 26.2 Å². The largest absolute Gasteiger partial charge is 0.454 e. The van der Waals surface area contributed by atoms with E-state index in [-0.39, 0.29) is 5.76 Å². The van der Waals surface area contributed by atoms with Gasteiger partial charge < -0.3 is 20.8 Å². The number of guanidine groups is 1. The Balaban J connectivity index is 1.71. The molecule has 1 atom stereocenters. The third-order valence-corrected chi connectivity index (χ3v) is 4.44. The van der Waals surface area contributed by atoms with Crippen LogP contribution >= 0.6 is 0 Å². The van der Waals surface area contributed by atoms with Crippen molar-refractivity contribution in [1.82, 2.24) is 15.5 Å². The molecule has 0 spiro atoms. The lowest BCUT2D eigenvalue weighted by Gasteiger charge is -2.25.